The zero-order chi connectivity index (χ0) is 46.8. The summed E-state index contributed by atoms with van der Waals surface area (Å²) in [7, 11) is 0. The van der Waals surface area contributed by atoms with Crippen molar-refractivity contribution in [3.8, 4) is 50.2 Å². The maximum Gasteiger partial charge on any atom is 0.136 e. The maximum atomic E-state index is 6.31. The van der Waals surface area contributed by atoms with Crippen LogP contribution >= 0.6 is 0 Å². The predicted octanol–water partition coefficient (Wildman–Crippen LogP) is 19.1. The zero-order valence-electron chi connectivity index (χ0n) is 38.7. The molecular weight excluding hydrogens is 861 g/mol. The van der Waals surface area contributed by atoms with Gasteiger partial charge in [0.1, 0.15) is 11.2 Å². The van der Waals surface area contributed by atoms with Crippen LogP contribution in [-0.2, 0) is 0 Å². The van der Waals surface area contributed by atoms with Gasteiger partial charge in [0.05, 0.1) is 16.7 Å². The summed E-state index contributed by atoms with van der Waals surface area (Å²) in [6, 6.07) is 96.8. The van der Waals surface area contributed by atoms with Gasteiger partial charge < -0.3 is 13.9 Å². The molecule has 2 aromatic heterocycles. The van der Waals surface area contributed by atoms with Crippen LogP contribution in [0.25, 0.3) is 115 Å². The molecule has 0 unspecified atom stereocenters. The molecule has 71 heavy (non-hydrogen) atoms. The summed E-state index contributed by atoms with van der Waals surface area (Å²) < 4.78 is 8.68. The summed E-state index contributed by atoms with van der Waals surface area (Å²) in [4.78, 5) is 2.41. The Hall–Kier alpha value is -9.44. The van der Waals surface area contributed by atoms with Crippen molar-refractivity contribution < 1.29 is 4.42 Å². The lowest BCUT2D eigenvalue weighted by Gasteiger charge is -2.28. The molecule has 14 aromatic rings. The lowest BCUT2D eigenvalue weighted by Crippen LogP contribution is -2.11. The molecule has 0 saturated heterocycles. The molecule has 0 atom stereocenters. The molecule has 0 fully saturated rings. The van der Waals surface area contributed by atoms with Gasteiger partial charge in [-0.2, -0.15) is 0 Å². The number of furan rings is 1. The van der Waals surface area contributed by atoms with Crippen molar-refractivity contribution in [1.82, 2.24) is 4.57 Å². The molecule has 0 N–H and O–H groups in total. The van der Waals surface area contributed by atoms with Crippen LogP contribution in [0.5, 0.6) is 0 Å². The van der Waals surface area contributed by atoms with Crippen molar-refractivity contribution in [3.63, 3.8) is 0 Å². The number of anilines is 3. The van der Waals surface area contributed by atoms with E-state index >= 15 is 0 Å². The van der Waals surface area contributed by atoms with E-state index in [1.54, 1.807) is 0 Å². The van der Waals surface area contributed by atoms with Crippen LogP contribution in [0.2, 0.25) is 0 Å². The van der Waals surface area contributed by atoms with Crippen LogP contribution in [0, 0.1) is 0 Å². The van der Waals surface area contributed by atoms with Crippen molar-refractivity contribution >= 4 is 82.4 Å². The van der Waals surface area contributed by atoms with Crippen LogP contribution in [-0.4, -0.2) is 4.57 Å². The van der Waals surface area contributed by atoms with Gasteiger partial charge in [-0.1, -0.05) is 182 Å². The van der Waals surface area contributed by atoms with Gasteiger partial charge in [-0.3, -0.25) is 0 Å². The van der Waals surface area contributed by atoms with Gasteiger partial charge in [-0.05, 0) is 145 Å². The molecule has 0 saturated carbocycles. The third-order valence-corrected chi connectivity index (χ3v) is 14.4. The fourth-order valence-corrected chi connectivity index (χ4v) is 11.0. The summed E-state index contributed by atoms with van der Waals surface area (Å²) in [5, 5.41) is 9.76. The number of hydrogen-bond donors (Lipinski definition) is 0. The third-order valence-electron chi connectivity index (χ3n) is 14.4. The van der Waals surface area contributed by atoms with E-state index in [2.05, 4.69) is 264 Å². The molecule has 0 aliphatic rings. The summed E-state index contributed by atoms with van der Waals surface area (Å²) >= 11 is 0. The SMILES string of the molecule is c1cc(-c2ccc(N(c3ccc(-c4ccc5c(c4)oc4ccccc45)cc3)c3ccccc3-c3cc4ccccc4c4ccccc34)cc2)cc(-c2ccc(-n3c4ccccc4c4ccccc43)cc2)c1. The normalized spacial score (nSPS) is 11.7. The highest BCUT2D eigenvalue weighted by atomic mass is 16.3. The zero-order valence-corrected chi connectivity index (χ0v) is 38.7. The van der Waals surface area contributed by atoms with E-state index in [1.165, 1.54) is 65.6 Å². The predicted molar refractivity (Wildman–Crippen MR) is 299 cm³/mol. The Kier molecular flexibility index (Phi) is 9.53. The molecule has 0 spiro atoms. The monoisotopic (exact) mass is 904 g/mol. The fourth-order valence-electron chi connectivity index (χ4n) is 11.0. The van der Waals surface area contributed by atoms with Gasteiger partial charge in [0.25, 0.3) is 0 Å². The first-order chi connectivity index (χ1) is 35.2. The molecular formula is C68H44N2O. The van der Waals surface area contributed by atoms with E-state index in [0.717, 1.165) is 66.9 Å². The molecule has 0 bridgehead atoms. The topological polar surface area (TPSA) is 21.3 Å². The van der Waals surface area contributed by atoms with Crippen LogP contribution in [0.1, 0.15) is 0 Å². The van der Waals surface area contributed by atoms with Crippen LogP contribution in [0.3, 0.4) is 0 Å². The maximum absolute atomic E-state index is 6.31. The molecule has 3 nitrogen and oxygen atoms in total. The second-order valence-electron chi connectivity index (χ2n) is 18.4. The number of nitrogens with zero attached hydrogens (tertiary/aromatic N) is 2. The van der Waals surface area contributed by atoms with Crippen molar-refractivity contribution in [1.29, 1.82) is 0 Å². The van der Waals surface area contributed by atoms with Gasteiger partial charge in [0, 0.05) is 44.2 Å². The standard InChI is InChI=1S/C68H44N2O/c1-2-17-55-51(14-1)43-63(57-19-4-3-18-56(55)57)60-22-7-9-24-64(60)69(53-37-30-47(31-38-53)50-34-41-62-61-23-8-12-27-67(61)71-68(62)44-50)52-35-28-45(29-36-52)48-15-13-16-49(42-48)46-32-39-54(40-33-46)70-65-25-10-5-20-58(65)59-21-6-11-26-66(59)70/h1-44H. The molecule has 0 aliphatic heterocycles. The molecule has 2 heterocycles. The van der Waals surface area contributed by atoms with E-state index < -0.39 is 0 Å². The number of fused-ring (bicyclic) bond motifs is 9. The van der Waals surface area contributed by atoms with Gasteiger partial charge in [-0.15, -0.1) is 0 Å². The van der Waals surface area contributed by atoms with E-state index in [0.29, 0.717) is 0 Å². The number of benzene rings is 12. The molecule has 0 aliphatic carbocycles. The second-order valence-corrected chi connectivity index (χ2v) is 18.4. The molecule has 0 radical (unpaired) electrons. The molecule has 332 valence electrons. The van der Waals surface area contributed by atoms with Gasteiger partial charge >= 0.3 is 0 Å². The van der Waals surface area contributed by atoms with Crippen molar-refractivity contribution in [2.75, 3.05) is 4.90 Å². The molecule has 0 amide bonds. The number of para-hydroxylation sites is 4. The summed E-state index contributed by atoms with van der Waals surface area (Å²) in [6.07, 6.45) is 0. The minimum atomic E-state index is 0.893. The number of aromatic nitrogens is 1. The van der Waals surface area contributed by atoms with Gasteiger partial charge in [-0.25, -0.2) is 0 Å². The Morgan fingerprint density at radius 3 is 1.45 bits per heavy atom. The number of hydrogen-bond acceptors (Lipinski definition) is 2. The lowest BCUT2D eigenvalue weighted by molar-refractivity contribution is 0.669. The molecule has 12 aromatic carbocycles. The van der Waals surface area contributed by atoms with Gasteiger partial charge in [0.2, 0.25) is 0 Å². The minimum absolute atomic E-state index is 0.893. The number of rotatable bonds is 8. The average molecular weight is 905 g/mol. The molecule has 3 heteroatoms. The Morgan fingerprint density at radius 1 is 0.282 bits per heavy atom. The van der Waals surface area contributed by atoms with Crippen molar-refractivity contribution in [2.45, 2.75) is 0 Å². The first-order valence-electron chi connectivity index (χ1n) is 24.3. The van der Waals surface area contributed by atoms with E-state index in [9.17, 15) is 0 Å². The Bertz CT molecular complexity index is 4280. The van der Waals surface area contributed by atoms with Crippen LogP contribution in [0.15, 0.2) is 271 Å². The smallest absolute Gasteiger partial charge is 0.136 e. The Labute approximate surface area is 411 Å². The average Bonchev–Trinajstić information content (AvgIpc) is 3.99. The quantitative estimate of drug-likeness (QED) is 0.142. The van der Waals surface area contributed by atoms with Crippen LogP contribution in [0.4, 0.5) is 17.1 Å². The highest BCUT2D eigenvalue weighted by molar-refractivity contribution is 6.15. The Balaban J connectivity index is 0.843. The second kappa shape index (κ2) is 16.7. The molecule has 14 rings (SSSR count). The van der Waals surface area contributed by atoms with E-state index in [1.807, 2.05) is 12.1 Å². The van der Waals surface area contributed by atoms with Gasteiger partial charge in [0.15, 0.2) is 0 Å². The summed E-state index contributed by atoms with van der Waals surface area (Å²) in [5.74, 6) is 0. The highest BCUT2D eigenvalue weighted by Gasteiger charge is 2.20. The minimum Gasteiger partial charge on any atom is -0.456 e. The third kappa shape index (κ3) is 6.89. The first-order valence-corrected chi connectivity index (χ1v) is 24.3. The lowest BCUT2D eigenvalue weighted by atomic mass is 9.92. The van der Waals surface area contributed by atoms with E-state index in [4.69, 9.17) is 4.42 Å². The largest absolute Gasteiger partial charge is 0.456 e. The summed E-state index contributed by atoms with van der Waals surface area (Å²) in [5.41, 5.74) is 17.9. The van der Waals surface area contributed by atoms with E-state index in [-0.39, 0.29) is 0 Å². The van der Waals surface area contributed by atoms with Crippen molar-refractivity contribution in [2.24, 2.45) is 0 Å². The summed E-state index contributed by atoms with van der Waals surface area (Å²) in [6.45, 7) is 0. The Morgan fingerprint density at radius 2 is 0.775 bits per heavy atom. The van der Waals surface area contributed by atoms with Crippen LogP contribution < -0.4 is 4.90 Å². The highest BCUT2D eigenvalue weighted by Crippen LogP contribution is 2.45. The fraction of sp³-hybridized carbons (Fsp3) is 0. The van der Waals surface area contributed by atoms with Crippen molar-refractivity contribution in [3.05, 3.63) is 267 Å². The first kappa shape index (κ1) is 40.6.